The summed E-state index contributed by atoms with van der Waals surface area (Å²) in [5.74, 6) is 0.562. The zero-order chi connectivity index (χ0) is 22.2. The fourth-order valence-electron chi connectivity index (χ4n) is 3.79. The number of aromatic amines is 1. The minimum Gasteiger partial charge on any atom is -0.369 e. The van der Waals surface area contributed by atoms with E-state index in [1.54, 1.807) is 0 Å². The summed E-state index contributed by atoms with van der Waals surface area (Å²) in [6, 6.07) is 13.6. The molecule has 4 aromatic heterocycles. The van der Waals surface area contributed by atoms with E-state index in [0.29, 0.717) is 23.6 Å². The van der Waals surface area contributed by atoms with Gasteiger partial charge in [-0.15, -0.1) is 15.3 Å². The van der Waals surface area contributed by atoms with Gasteiger partial charge in [-0.3, -0.25) is 4.98 Å². The van der Waals surface area contributed by atoms with Crippen LogP contribution in [0, 0.1) is 13.8 Å². The lowest BCUT2D eigenvalue weighted by Crippen LogP contribution is -2.24. The quantitative estimate of drug-likeness (QED) is 0.429. The molecule has 5 rings (SSSR count). The highest BCUT2D eigenvalue weighted by atomic mass is 16.2. The molecule has 0 saturated carbocycles. The Bertz CT molecular complexity index is 1450. The SMILES string of the molecule is Cc1cc(-c2c(-c3ccccc3)nc(N)n3c(=O)n(CCc4nn[nH]n4)nc23)cc(C)n1. The van der Waals surface area contributed by atoms with E-state index in [-0.39, 0.29) is 18.2 Å². The van der Waals surface area contributed by atoms with E-state index in [0.717, 1.165) is 28.1 Å². The Hall–Kier alpha value is -4.41. The van der Waals surface area contributed by atoms with Gasteiger partial charge in [0.05, 0.1) is 17.8 Å². The Morgan fingerprint density at radius 3 is 2.47 bits per heavy atom. The minimum absolute atomic E-state index is 0.0703. The number of H-pyrrole nitrogens is 1. The van der Waals surface area contributed by atoms with E-state index in [2.05, 4.69) is 35.7 Å². The number of benzene rings is 1. The van der Waals surface area contributed by atoms with Gasteiger partial charge in [0, 0.05) is 23.4 Å². The molecule has 5 aromatic rings. The lowest BCUT2D eigenvalue weighted by molar-refractivity contribution is 0.581. The summed E-state index contributed by atoms with van der Waals surface area (Å²) in [5, 5.41) is 18.4. The summed E-state index contributed by atoms with van der Waals surface area (Å²) in [6.45, 7) is 4.13. The molecule has 0 aliphatic carbocycles. The van der Waals surface area contributed by atoms with Gasteiger partial charge in [0.2, 0.25) is 5.95 Å². The number of rotatable bonds is 5. The number of aromatic nitrogens is 9. The maximum absolute atomic E-state index is 13.1. The van der Waals surface area contributed by atoms with Gasteiger partial charge in [0.15, 0.2) is 11.5 Å². The van der Waals surface area contributed by atoms with Crippen molar-refractivity contribution < 1.29 is 0 Å². The van der Waals surface area contributed by atoms with Gasteiger partial charge < -0.3 is 5.73 Å². The van der Waals surface area contributed by atoms with Crippen LogP contribution in [0.5, 0.6) is 0 Å². The summed E-state index contributed by atoms with van der Waals surface area (Å²) < 4.78 is 2.69. The van der Waals surface area contributed by atoms with Gasteiger partial charge in [-0.05, 0) is 31.5 Å². The number of nitrogens with two attached hydrogens (primary N) is 1. The third kappa shape index (κ3) is 3.39. The van der Waals surface area contributed by atoms with Crippen molar-refractivity contribution in [3.05, 3.63) is 70.2 Å². The van der Waals surface area contributed by atoms with Crippen molar-refractivity contribution in [3.63, 3.8) is 0 Å². The molecule has 0 amide bonds. The molecule has 32 heavy (non-hydrogen) atoms. The second-order valence-corrected chi connectivity index (χ2v) is 7.44. The molecule has 11 nitrogen and oxygen atoms in total. The van der Waals surface area contributed by atoms with E-state index in [4.69, 9.17) is 5.73 Å². The third-order valence-corrected chi connectivity index (χ3v) is 5.11. The van der Waals surface area contributed by atoms with Crippen LogP contribution in [0.2, 0.25) is 0 Å². The molecule has 0 fully saturated rings. The van der Waals surface area contributed by atoms with Crippen LogP contribution in [0.25, 0.3) is 28.0 Å². The van der Waals surface area contributed by atoms with Gasteiger partial charge in [-0.1, -0.05) is 35.5 Å². The summed E-state index contributed by atoms with van der Waals surface area (Å²) in [5.41, 5.74) is 11.1. The number of tetrazole rings is 1. The van der Waals surface area contributed by atoms with E-state index in [1.807, 2.05) is 56.3 Å². The summed E-state index contributed by atoms with van der Waals surface area (Å²) >= 11 is 0. The van der Waals surface area contributed by atoms with Gasteiger partial charge in [-0.2, -0.15) is 5.21 Å². The number of nitrogen functional groups attached to an aromatic ring is 1. The van der Waals surface area contributed by atoms with Crippen LogP contribution >= 0.6 is 0 Å². The van der Waals surface area contributed by atoms with E-state index in [9.17, 15) is 4.79 Å². The molecule has 4 heterocycles. The second kappa shape index (κ2) is 7.69. The maximum atomic E-state index is 13.1. The zero-order valence-corrected chi connectivity index (χ0v) is 17.5. The first-order chi connectivity index (χ1) is 15.5. The monoisotopic (exact) mass is 428 g/mol. The van der Waals surface area contributed by atoms with E-state index >= 15 is 0 Å². The molecule has 0 saturated heterocycles. The van der Waals surface area contributed by atoms with Gasteiger partial charge in [-0.25, -0.2) is 18.9 Å². The molecule has 3 N–H and O–H groups in total. The molecule has 11 heteroatoms. The topological polar surface area (TPSA) is 146 Å². The predicted molar refractivity (Wildman–Crippen MR) is 118 cm³/mol. The standard InChI is InChI=1S/C21H20N10O/c1-12-10-15(11-13(2)23-12)17-18(14-6-4-3-5-7-14)24-20(22)31-19(17)27-30(21(31)32)9-8-16-25-28-29-26-16/h3-7,10-11H,8-9H2,1-2H3,(H2,22,24)(H,25,26,28,29). The summed E-state index contributed by atoms with van der Waals surface area (Å²) in [4.78, 5) is 22.2. The first kappa shape index (κ1) is 19.5. The average Bonchev–Trinajstić information content (AvgIpc) is 3.40. The first-order valence-corrected chi connectivity index (χ1v) is 10.0. The van der Waals surface area contributed by atoms with Crippen molar-refractivity contribution in [1.29, 1.82) is 0 Å². The number of nitrogens with zero attached hydrogens (tertiary/aromatic N) is 8. The summed E-state index contributed by atoms with van der Waals surface area (Å²) in [7, 11) is 0. The lowest BCUT2D eigenvalue weighted by atomic mass is 9.99. The number of nitrogens with one attached hydrogen (secondary N) is 1. The smallest absolute Gasteiger partial charge is 0.353 e. The number of anilines is 1. The normalized spacial score (nSPS) is 11.3. The molecule has 0 aliphatic heterocycles. The Balaban J connectivity index is 1.77. The van der Waals surface area contributed by atoms with Gasteiger partial charge in [0.25, 0.3) is 0 Å². The zero-order valence-electron chi connectivity index (χ0n) is 17.5. The third-order valence-electron chi connectivity index (χ3n) is 5.11. The Morgan fingerprint density at radius 2 is 1.78 bits per heavy atom. The molecule has 0 spiro atoms. The molecule has 0 bridgehead atoms. The van der Waals surface area contributed by atoms with E-state index < -0.39 is 0 Å². The van der Waals surface area contributed by atoms with Gasteiger partial charge in [0.1, 0.15) is 0 Å². The van der Waals surface area contributed by atoms with Crippen LogP contribution in [0.15, 0.2) is 47.3 Å². The molecule has 0 aliphatic rings. The van der Waals surface area contributed by atoms with Crippen LogP contribution < -0.4 is 11.4 Å². The van der Waals surface area contributed by atoms with Crippen LogP contribution in [-0.4, -0.2) is 44.8 Å². The highest BCUT2D eigenvalue weighted by Gasteiger charge is 2.22. The van der Waals surface area contributed by atoms with Crippen molar-refractivity contribution in [1.82, 2.24) is 44.8 Å². The molecule has 160 valence electrons. The molecule has 0 atom stereocenters. The number of hydrogen-bond donors (Lipinski definition) is 2. The Kier molecular flexibility index (Phi) is 4.70. The van der Waals surface area contributed by atoms with Crippen LogP contribution in [0.4, 0.5) is 5.95 Å². The molecular weight excluding hydrogens is 408 g/mol. The average molecular weight is 428 g/mol. The molecule has 0 unspecified atom stereocenters. The fraction of sp³-hybridized carbons (Fsp3) is 0.190. The number of pyridine rings is 1. The van der Waals surface area contributed by atoms with Crippen LogP contribution in [0.3, 0.4) is 0 Å². The Labute approximate surface area is 182 Å². The Morgan fingerprint density at radius 1 is 1.03 bits per heavy atom. The highest BCUT2D eigenvalue weighted by molar-refractivity contribution is 5.90. The highest BCUT2D eigenvalue weighted by Crippen LogP contribution is 2.34. The first-order valence-electron chi connectivity index (χ1n) is 10.0. The fourth-order valence-corrected chi connectivity index (χ4v) is 3.79. The maximum Gasteiger partial charge on any atom is 0.353 e. The largest absolute Gasteiger partial charge is 0.369 e. The second-order valence-electron chi connectivity index (χ2n) is 7.44. The number of fused-ring (bicyclic) bond motifs is 1. The van der Waals surface area contributed by atoms with Crippen molar-refractivity contribution in [2.45, 2.75) is 26.8 Å². The van der Waals surface area contributed by atoms with Crippen molar-refractivity contribution in [3.8, 4) is 22.4 Å². The van der Waals surface area contributed by atoms with Crippen molar-refractivity contribution in [2.24, 2.45) is 0 Å². The van der Waals surface area contributed by atoms with Gasteiger partial charge >= 0.3 is 5.69 Å². The minimum atomic E-state index is -0.378. The van der Waals surface area contributed by atoms with Crippen molar-refractivity contribution >= 4 is 11.6 Å². The van der Waals surface area contributed by atoms with Crippen molar-refractivity contribution in [2.75, 3.05) is 5.73 Å². The van der Waals surface area contributed by atoms with E-state index in [1.165, 1.54) is 9.08 Å². The number of hydrogen-bond acceptors (Lipinski definition) is 8. The summed E-state index contributed by atoms with van der Waals surface area (Å²) in [6.07, 6.45) is 0.391. The lowest BCUT2D eigenvalue weighted by Gasteiger charge is -2.13. The molecule has 1 aromatic carbocycles. The molecule has 0 radical (unpaired) electrons. The van der Waals surface area contributed by atoms with Crippen LogP contribution in [0.1, 0.15) is 17.2 Å². The predicted octanol–water partition coefficient (Wildman–Crippen LogP) is 1.57. The van der Waals surface area contributed by atoms with Crippen LogP contribution in [-0.2, 0) is 13.0 Å². The molecular formula is C21H20N10O. The number of aryl methyl sites for hydroxylation is 4.